The summed E-state index contributed by atoms with van der Waals surface area (Å²) in [6, 6.07) is 5.95. The van der Waals surface area contributed by atoms with E-state index in [0.29, 0.717) is 16.7 Å². The highest BCUT2D eigenvalue weighted by Crippen LogP contribution is 2.33. The van der Waals surface area contributed by atoms with Crippen molar-refractivity contribution in [1.29, 1.82) is 0 Å². The van der Waals surface area contributed by atoms with Gasteiger partial charge in [-0.25, -0.2) is 8.78 Å². The average Bonchev–Trinajstić information content (AvgIpc) is 2.71. The van der Waals surface area contributed by atoms with Crippen LogP contribution in [0.1, 0.15) is 16.0 Å². The van der Waals surface area contributed by atoms with Crippen LogP contribution in [-0.4, -0.2) is 0 Å². The van der Waals surface area contributed by atoms with Gasteiger partial charge in [-0.2, -0.15) is 0 Å². The van der Waals surface area contributed by atoms with Crippen molar-refractivity contribution in [3.8, 4) is 0 Å². The molecule has 0 amide bonds. The van der Waals surface area contributed by atoms with Gasteiger partial charge in [0.2, 0.25) is 0 Å². The lowest BCUT2D eigenvalue weighted by Crippen LogP contribution is -1.99. The Balaban J connectivity index is 2.22. The predicted octanol–water partition coefficient (Wildman–Crippen LogP) is 5.00. The first-order chi connectivity index (χ1) is 8.09. The molecule has 1 unspecified atom stereocenters. The van der Waals surface area contributed by atoms with Gasteiger partial charge >= 0.3 is 0 Å². The Bertz CT molecular complexity index is 525. The normalized spacial score (nSPS) is 12.7. The highest BCUT2D eigenvalue weighted by molar-refractivity contribution is 9.10. The molecule has 17 heavy (non-hydrogen) atoms. The van der Waals surface area contributed by atoms with Crippen LogP contribution >= 0.6 is 31.9 Å². The smallest absolute Gasteiger partial charge is 0.173 e. The summed E-state index contributed by atoms with van der Waals surface area (Å²) in [7, 11) is 0. The second kappa shape index (κ2) is 5.31. The molecule has 0 saturated heterocycles. The second-order valence-corrected chi connectivity index (χ2v) is 5.36. The third-order valence-corrected chi connectivity index (χ3v) is 3.88. The molecule has 90 valence electrons. The number of halogens is 4. The van der Waals surface area contributed by atoms with Crippen LogP contribution in [0.5, 0.6) is 0 Å². The first-order valence-corrected chi connectivity index (χ1v) is 6.60. The van der Waals surface area contributed by atoms with Crippen LogP contribution in [0, 0.1) is 11.6 Å². The van der Waals surface area contributed by atoms with Crippen molar-refractivity contribution < 1.29 is 13.2 Å². The van der Waals surface area contributed by atoms with E-state index in [1.54, 1.807) is 12.1 Å². The minimum atomic E-state index is -0.826. The van der Waals surface area contributed by atoms with Gasteiger partial charge in [0.25, 0.3) is 0 Å². The number of benzene rings is 1. The maximum atomic E-state index is 13.5. The van der Waals surface area contributed by atoms with Crippen molar-refractivity contribution in [2.75, 3.05) is 0 Å². The Morgan fingerprint density at radius 3 is 2.65 bits per heavy atom. The first-order valence-electron chi connectivity index (χ1n) is 4.89. The molecule has 2 rings (SSSR count). The third kappa shape index (κ3) is 2.77. The van der Waals surface area contributed by atoms with Crippen LogP contribution in [0.3, 0.4) is 0 Å². The lowest BCUT2D eigenvalue weighted by molar-refractivity contribution is 0.498. The van der Waals surface area contributed by atoms with Gasteiger partial charge in [0.05, 0.1) is 6.26 Å². The molecule has 0 aliphatic carbocycles. The fourth-order valence-corrected chi connectivity index (χ4v) is 3.07. The molecule has 1 atom stereocenters. The van der Waals surface area contributed by atoms with Gasteiger partial charge in [-0.1, -0.05) is 28.1 Å². The standard InChI is InChI=1S/C12H8Br2F2O/c13-9(8-4-5-17-12(8)14)6-7-2-1-3-10(15)11(7)16/h1-5,9H,6H2. The number of alkyl halides is 1. The molecule has 1 aromatic heterocycles. The first kappa shape index (κ1) is 12.8. The molecular formula is C12H8Br2F2O. The maximum absolute atomic E-state index is 13.5. The fraction of sp³-hybridized carbons (Fsp3) is 0.167. The number of rotatable bonds is 3. The summed E-state index contributed by atoms with van der Waals surface area (Å²) in [6.07, 6.45) is 1.89. The van der Waals surface area contributed by atoms with E-state index >= 15 is 0 Å². The minimum Gasteiger partial charge on any atom is -0.457 e. The van der Waals surface area contributed by atoms with Crippen molar-refractivity contribution in [2.45, 2.75) is 11.2 Å². The van der Waals surface area contributed by atoms with E-state index < -0.39 is 11.6 Å². The molecule has 2 aromatic rings. The number of hydrogen-bond donors (Lipinski definition) is 0. The Kier molecular flexibility index (Phi) is 3.99. The van der Waals surface area contributed by atoms with E-state index in [9.17, 15) is 8.78 Å². The van der Waals surface area contributed by atoms with Crippen LogP contribution in [0.15, 0.2) is 39.6 Å². The molecule has 1 nitrogen and oxygen atoms in total. The van der Waals surface area contributed by atoms with Gasteiger partial charge in [0, 0.05) is 10.4 Å². The van der Waals surface area contributed by atoms with Crippen LogP contribution in [0.25, 0.3) is 0 Å². The Labute approximate surface area is 114 Å². The Morgan fingerprint density at radius 2 is 2.00 bits per heavy atom. The van der Waals surface area contributed by atoms with Crippen LogP contribution in [0.4, 0.5) is 8.78 Å². The monoisotopic (exact) mass is 364 g/mol. The van der Waals surface area contributed by atoms with E-state index in [2.05, 4.69) is 31.9 Å². The summed E-state index contributed by atoms with van der Waals surface area (Å²) < 4.78 is 32.2. The molecule has 0 aliphatic rings. The van der Waals surface area contributed by atoms with Gasteiger partial charge in [0.15, 0.2) is 16.3 Å². The fourth-order valence-electron chi connectivity index (χ4n) is 1.54. The van der Waals surface area contributed by atoms with E-state index in [1.807, 2.05) is 0 Å². The zero-order valence-corrected chi connectivity index (χ0v) is 11.8. The Hall–Kier alpha value is -0.680. The molecule has 0 spiro atoms. The lowest BCUT2D eigenvalue weighted by Gasteiger charge is -2.09. The third-order valence-electron chi connectivity index (χ3n) is 2.41. The molecule has 0 radical (unpaired) electrons. The highest BCUT2D eigenvalue weighted by Gasteiger charge is 2.17. The van der Waals surface area contributed by atoms with Gasteiger partial charge in [-0.3, -0.25) is 0 Å². The van der Waals surface area contributed by atoms with Gasteiger partial charge < -0.3 is 4.42 Å². The van der Waals surface area contributed by atoms with E-state index in [-0.39, 0.29) is 4.83 Å². The summed E-state index contributed by atoms with van der Waals surface area (Å²) in [4.78, 5) is -0.132. The zero-order valence-electron chi connectivity index (χ0n) is 8.59. The lowest BCUT2D eigenvalue weighted by atomic mass is 10.1. The summed E-state index contributed by atoms with van der Waals surface area (Å²) in [5, 5.41) is 0. The van der Waals surface area contributed by atoms with E-state index in [1.165, 1.54) is 12.3 Å². The molecular weight excluding hydrogens is 358 g/mol. The summed E-state index contributed by atoms with van der Waals surface area (Å²) in [5.41, 5.74) is 1.20. The predicted molar refractivity (Wildman–Crippen MR) is 68.1 cm³/mol. The molecule has 0 saturated carbocycles. The maximum Gasteiger partial charge on any atom is 0.173 e. The van der Waals surface area contributed by atoms with Gasteiger partial charge in [0.1, 0.15) is 0 Å². The molecule has 0 aliphatic heterocycles. The minimum absolute atomic E-state index is 0.132. The average molecular weight is 366 g/mol. The quantitative estimate of drug-likeness (QED) is 0.697. The SMILES string of the molecule is Fc1cccc(CC(Br)c2ccoc2Br)c1F. The molecule has 0 bridgehead atoms. The summed E-state index contributed by atoms with van der Waals surface area (Å²) in [6.45, 7) is 0. The molecule has 1 aromatic carbocycles. The molecule has 0 N–H and O–H groups in total. The second-order valence-electron chi connectivity index (χ2n) is 3.53. The van der Waals surface area contributed by atoms with E-state index in [4.69, 9.17) is 4.42 Å². The van der Waals surface area contributed by atoms with Crippen molar-refractivity contribution in [3.05, 3.63) is 58.0 Å². The molecule has 5 heteroatoms. The Morgan fingerprint density at radius 1 is 1.24 bits per heavy atom. The largest absolute Gasteiger partial charge is 0.457 e. The summed E-state index contributed by atoms with van der Waals surface area (Å²) in [5.74, 6) is -1.62. The number of furan rings is 1. The van der Waals surface area contributed by atoms with Crippen LogP contribution < -0.4 is 0 Å². The summed E-state index contributed by atoms with van der Waals surface area (Å²) >= 11 is 6.68. The van der Waals surface area contributed by atoms with Crippen LogP contribution in [0.2, 0.25) is 0 Å². The van der Waals surface area contributed by atoms with Gasteiger partial charge in [-0.05, 0) is 40.0 Å². The van der Waals surface area contributed by atoms with Crippen molar-refractivity contribution in [2.24, 2.45) is 0 Å². The van der Waals surface area contributed by atoms with Crippen molar-refractivity contribution >= 4 is 31.9 Å². The highest BCUT2D eigenvalue weighted by atomic mass is 79.9. The zero-order chi connectivity index (χ0) is 12.4. The van der Waals surface area contributed by atoms with Crippen molar-refractivity contribution in [3.63, 3.8) is 0 Å². The van der Waals surface area contributed by atoms with Gasteiger partial charge in [-0.15, -0.1) is 0 Å². The van der Waals surface area contributed by atoms with Crippen LogP contribution in [-0.2, 0) is 6.42 Å². The number of hydrogen-bond acceptors (Lipinski definition) is 1. The van der Waals surface area contributed by atoms with E-state index in [0.717, 1.165) is 11.6 Å². The molecule has 0 fully saturated rings. The van der Waals surface area contributed by atoms with Crippen molar-refractivity contribution in [1.82, 2.24) is 0 Å². The topological polar surface area (TPSA) is 13.1 Å². The molecule has 1 heterocycles.